The van der Waals surface area contributed by atoms with Gasteiger partial charge in [0.1, 0.15) is 17.3 Å². The molecule has 60 heavy (non-hydrogen) atoms. The molecule has 4 N–H and O–H groups in total. The number of piperidine rings is 1. The molecular weight excluding hydrogens is 747 g/mol. The number of hydrogen-bond donors (Lipinski definition) is 4. The highest BCUT2D eigenvalue weighted by molar-refractivity contribution is 6.08. The number of nitrogens with one attached hydrogen (secondary N) is 3. The normalized spacial score (nSPS) is 32.2. The summed E-state index contributed by atoms with van der Waals surface area (Å²) in [6, 6.07) is 25.0. The zero-order chi connectivity index (χ0) is 41.2. The average Bonchev–Trinajstić information content (AvgIpc) is 3.75. The molecule has 2 spiro atoms. The Morgan fingerprint density at radius 1 is 0.900 bits per heavy atom. The zero-order valence-corrected chi connectivity index (χ0v) is 35.3. The smallest absolute Gasteiger partial charge is 0.340 e. The van der Waals surface area contributed by atoms with Crippen LogP contribution in [0.25, 0.3) is 16.7 Å². The number of rotatable bonds is 9. The maximum Gasteiger partial charge on any atom is 0.340 e. The van der Waals surface area contributed by atoms with Gasteiger partial charge >= 0.3 is 11.9 Å². The molecule has 3 fully saturated rings. The van der Waals surface area contributed by atoms with E-state index >= 15 is 4.79 Å². The maximum atomic E-state index is 15.0. The average molecular weight is 806 g/mol. The lowest BCUT2D eigenvalue weighted by molar-refractivity contribution is -0.136. The lowest BCUT2D eigenvalue weighted by atomic mass is 9.37. The second-order valence-corrected chi connectivity index (χ2v) is 18.6. The summed E-state index contributed by atoms with van der Waals surface area (Å²) in [5.74, 6) is 1.46. The van der Waals surface area contributed by atoms with Gasteiger partial charge < -0.3 is 30.5 Å². The molecule has 0 amide bonds. The first-order valence-electron chi connectivity index (χ1n) is 22.7. The van der Waals surface area contributed by atoms with Gasteiger partial charge in [-0.2, -0.15) is 0 Å². The van der Waals surface area contributed by atoms with E-state index < -0.39 is 5.41 Å². The topological polar surface area (TPSA) is 109 Å². The number of aromatic hydroxyl groups is 1. The Balaban J connectivity index is 1.18. The van der Waals surface area contributed by atoms with Crippen LogP contribution in [0, 0.1) is 34.5 Å². The quantitative estimate of drug-likeness (QED) is 0.159. The van der Waals surface area contributed by atoms with Crippen molar-refractivity contribution in [2.45, 2.75) is 96.2 Å². The number of carbonyl (C=O) groups excluding carboxylic acids is 2. The van der Waals surface area contributed by atoms with Crippen molar-refractivity contribution >= 4 is 17.5 Å². The molecule has 8 heteroatoms. The minimum absolute atomic E-state index is 0.0259. The van der Waals surface area contributed by atoms with E-state index in [1.165, 1.54) is 11.1 Å². The highest BCUT2D eigenvalue weighted by atomic mass is 16.5. The van der Waals surface area contributed by atoms with Gasteiger partial charge in [0, 0.05) is 23.1 Å². The van der Waals surface area contributed by atoms with E-state index in [2.05, 4.69) is 83.6 Å². The molecule has 3 aliphatic heterocycles. The van der Waals surface area contributed by atoms with Gasteiger partial charge in [-0.25, -0.2) is 9.59 Å². The van der Waals surface area contributed by atoms with Crippen LogP contribution in [0.2, 0.25) is 0 Å². The fourth-order valence-corrected chi connectivity index (χ4v) is 13.1. The van der Waals surface area contributed by atoms with Crippen LogP contribution >= 0.6 is 0 Å². The molecule has 312 valence electrons. The van der Waals surface area contributed by atoms with E-state index in [9.17, 15) is 9.90 Å². The molecule has 2 saturated heterocycles. The molecule has 11 rings (SSSR count). The summed E-state index contributed by atoms with van der Waals surface area (Å²) in [6.45, 7) is 3.21. The number of esters is 2. The van der Waals surface area contributed by atoms with Crippen LogP contribution < -0.4 is 16.0 Å². The van der Waals surface area contributed by atoms with Crippen molar-refractivity contribution in [2.24, 2.45) is 34.5 Å². The van der Waals surface area contributed by atoms with Gasteiger partial charge in [-0.15, -0.1) is 0 Å². The lowest BCUT2D eigenvalue weighted by Gasteiger charge is -2.63. The fourth-order valence-electron chi connectivity index (χ4n) is 13.1. The molecule has 3 heterocycles. The van der Waals surface area contributed by atoms with Crippen molar-refractivity contribution in [3.63, 3.8) is 0 Å². The Bertz CT molecular complexity index is 2340. The van der Waals surface area contributed by atoms with Gasteiger partial charge in [0.2, 0.25) is 0 Å². The van der Waals surface area contributed by atoms with Gasteiger partial charge in [-0.05, 0) is 185 Å². The molecule has 6 bridgehead atoms. The summed E-state index contributed by atoms with van der Waals surface area (Å²) in [6.07, 6.45) is 15.5. The Kier molecular flexibility index (Phi) is 10.2. The third-order valence-electron chi connectivity index (χ3n) is 15.8. The lowest BCUT2D eigenvalue weighted by Crippen LogP contribution is -2.59. The minimum atomic E-state index is -0.859. The molecule has 8 atom stereocenters. The number of ether oxygens (including phenoxy) is 2. The van der Waals surface area contributed by atoms with Crippen molar-refractivity contribution in [3.8, 4) is 16.9 Å². The largest absolute Gasteiger partial charge is 0.508 e. The Morgan fingerprint density at radius 3 is 2.58 bits per heavy atom. The molecule has 3 aromatic carbocycles. The third kappa shape index (κ3) is 6.27. The first-order valence-corrected chi connectivity index (χ1v) is 22.7. The van der Waals surface area contributed by atoms with Crippen LogP contribution in [-0.4, -0.2) is 43.9 Å². The van der Waals surface area contributed by atoms with Crippen molar-refractivity contribution in [3.05, 3.63) is 130 Å². The minimum Gasteiger partial charge on any atom is -0.508 e. The molecule has 0 radical (unpaired) electrons. The summed E-state index contributed by atoms with van der Waals surface area (Å²) in [7, 11) is 4.06. The molecule has 0 aromatic heterocycles. The number of fused-ring (bicyclic) bond motifs is 5. The molecule has 1 saturated carbocycles. The van der Waals surface area contributed by atoms with Crippen LogP contribution in [0.4, 0.5) is 0 Å². The fraction of sp³-hybridized carbons (Fsp3) is 0.462. The second-order valence-electron chi connectivity index (χ2n) is 18.6. The highest BCUT2D eigenvalue weighted by Crippen LogP contribution is 2.77. The first-order chi connectivity index (χ1) is 29.3. The third-order valence-corrected chi connectivity index (χ3v) is 15.8. The van der Waals surface area contributed by atoms with E-state index in [4.69, 9.17) is 9.47 Å². The predicted octanol–water partition coefficient (Wildman–Crippen LogP) is 9.45. The zero-order valence-electron chi connectivity index (χ0n) is 35.3. The van der Waals surface area contributed by atoms with Gasteiger partial charge in [0.15, 0.2) is 0 Å². The summed E-state index contributed by atoms with van der Waals surface area (Å²) in [5.41, 5.74) is 7.70. The highest BCUT2D eigenvalue weighted by Gasteiger charge is 2.73. The molecule has 8 aliphatic rings. The predicted molar refractivity (Wildman–Crippen MR) is 234 cm³/mol. The Morgan fingerprint density at radius 2 is 1.77 bits per heavy atom. The van der Waals surface area contributed by atoms with E-state index in [0.717, 1.165) is 116 Å². The molecule has 8 nitrogen and oxygen atoms in total. The Hall–Kier alpha value is -4.76. The SMILES string of the molecule is CC[C@H](C=C1OC(=O)C2=C3c4cc(O)ccc4-c4cccc(c4)[C@@H](NC)CC[C@]45CCC6=C(C(=O)OC6=CCC[C@H]6CCN[C@@H](NC)C6)[C@@H]4[C@@]12CC[C@H]35)Cc1ccccc1. The number of benzene rings is 3. The number of cyclic esters (lactones) is 2. The second kappa shape index (κ2) is 15.6. The van der Waals surface area contributed by atoms with Crippen molar-refractivity contribution in [1.29, 1.82) is 0 Å². The Labute approximate surface area is 354 Å². The number of hydrogen-bond acceptors (Lipinski definition) is 8. The van der Waals surface area contributed by atoms with Crippen molar-refractivity contribution < 1.29 is 24.2 Å². The summed E-state index contributed by atoms with van der Waals surface area (Å²) < 4.78 is 13.1. The monoisotopic (exact) mass is 805 g/mol. The number of carbonyl (C=O) groups is 2. The van der Waals surface area contributed by atoms with E-state index in [-0.39, 0.29) is 46.9 Å². The molecule has 0 unspecified atom stereocenters. The van der Waals surface area contributed by atoms with E-state index in [0.29, 0.717) is 29.8 Å². The van der Waals surface area contributed by atoms with Gasteiger partial charge in [0.05, 0.1) is 17.2 Å². The number of allylic oxidation sites excluding steroid dienone is 5. The summed E-state index contributed by atoms with van der Waals surface area (Å²) in [5, 5.41) is 21.9. The standard InChI is InChI=1S/C52H59N3O5/c1-4-31(26-32-10-6-5-7-11-32)27-43-52-24-19-40-45(47(52)50(58)60-43)39-30-36(56)16-17-37(39)34-13-9-14-35(29-34)41(53-2)20-23-51(40)22-18-38-42(59-49(57)46(38)48(51)52)15-8-12-33-21-25-55-44(28-33)54-3/h5-7,9-11,13-17,27,29-31,33,40-41,44,48,53-56H,4,8,12,18-26,28H2,1-3H3/t31-,33-,40+,41-,44+,48-,51-,52-/m0/s1. The van der Waals surface area contributed by atoms with Gasteiger partial charge in [0.25, 0.3) is 0 Å². The van der Waals surface area contributed by atoms with Crippen LogP contribution in [0.15, 0.2) is 113 Å². The number of phenols is 1. The van der Waals surface area contributed by atoms with Gasteiger partial charge in [-0.3, -0.25) is 0 Å². The van der Waals surface area contributed by atoms with E-state index in [1.54, 1.807) is 6.07 Å². The summed E-state index contributed by atoms with van der Waals surface area (Å²) in [4.78, 5) is 29.8. The van der Waals surface area contributed by atoms with Crippen molar-refractivity contribution in [2.75, 3.05) is 20.6 Å². The van der Waals surface area contributed by atoms with Gasteiger partial charge in [-0.1, -0.05) is 61.5 Å². The maximum absolute atomic E-state index is 15.0. The molecule has 5 aliphatic carbocycles. The van der Waals surface area contributed by atoms with Crippen molar-refractivity contribution in [1.82, 2.24) is 16.0 Å². The summed E-state index contributed by atoms with van der Waals surface area (Å²) >= 11 is 0. The van der Waals surface area contributed by atoms with Crippen LogP contribution in [-0.2, 0) is 25.5 Å². The molecule has 3 aromatic rings. The van der Waals surface area contributed by atoms with Crippen LogP contribution in [0.1, 0.15) is 100 Å². The number of phenolic OH excluding ortho intramolecular Hbond substituents is 1. The van der Waals surface area contributed by atoms with Crippen LogP contribution in [0.5, 0.6) is 5.75 Å². The van der Waals surface area contributed by atoms with Crippen LogP contribution in [0.3, 0.4) is 0 Å². The molecular formula is C52H59N3O5. The van der Waals surface area contributed by atoms with E-state index in [1.807, 2.05) is 32.3 Å². The first kappa shape index (κ1) is 39.4.